The van der Waals surface area contributed by atoms with E-state index in [0.29, 0.717) is 37.0 Å². The van der Waals surface area contributed by atoms with Crippen molar-refractivity contribution in [1.29, 1.82) is 0 Å². The first-order valence-electron chi connectivity index (χ1n) is 12.3. The average Bonchev–Trinajstić information content (AvgIpc) is 3.03. The molecule has 0 bridgehead atoms. The van der Waals surface area contributed by atoms with Gasteiger partial charge in [-0.2, -0.15) is 0 Å². The smallest absolute Gasteiger partial charge is 0.306 e. The van der Waals surface area contributed by atoms with Gasteiger partial charge in [-0.15, -0.1) is 0 Å². The summed E-state index contributed by atoms with van der Waals surface area (Å²) in [6.07, 6.45) is 10.5. The van der Waals surface area contributed by atoms with Crippen LogP contribution in [0.2, 0.25) is 0 Å². The van der Waals surface area contributed by atoms with Gasteiger partial charge in [0.1, 0.15) is 5.60 Å². The van der Waals surface area contributed by atoms with Gasteiger partial charge in [0, 0.05) is 18.3 Å². The van der Waals surface area contributed by atoms with E-state index in [9.17, 15) is 19.5 Å². The zero-order valence-corrected chi connectivity index (χ0v) is 19.4. The number of carbonyl (C=O) groups excluding carboxylic acids is 3. The van der Waals surface area contributed by atoms with E-state index in [0.717, 1.165) is 51.4 Å². The summed E-state index contributed by atoms with van der Waals surface area (Å²) in [5.74, 6) is 0.874. The van der Waals surface area contributed by atoms with Gasteiger partial charge in [0.15, 0.2) is 12.4 Å². The number of allylic oxidation sites excluding steroid dienone is 1. The highest BCUT2D eigenvalue weighted by Crippen LogP contribution is 2.67. The molecule has 5 heteroatoms. The third kappa shape index (κ3) is 3.51. The summed E-state index contributed by atoms with van der Waals surface area (Å²) in [5.41, 5.74) is -0.467. The third-order valence-corrected chi connectivity index (χ3v) is 9.67. The van der Waals surface area contributed by atoms with Gasteiger partial charge in [-0.05, 0) is 80.6 Å². The zero-order valence-electron chi connectivity index (χ0n) is 19.4. The van der Waals surface area contributed by atoms with Crippen molar-refractivity contribution in [3.63, 3.8) is 0 Å². The number of aliphatic hydroxyl groups is 1. The molecule has 172 valence electrons. The van der Waals surface area contributed by atoms with Crippen molar-refractivity contribution in [3.8, 4) is 0 Å². The predicted molar refractivity (Wildman–Crippen MR) is 117 cm³/mol. The van der Waals surface area contributed by atoms with Crippen molar-refractivity contribution in [3.05, 3.63) is 11.6 Å². The van der Waals surface area contributed by atoms with Crippen LogP contribution in [0.25, 0.3) is 0 Å². The summed E-state index contributed by atoms with van der Waals surface area (Å²) in [6, 6.07) is 0. The lowest BCUT2D eigenvalue weighted by molar-refractivity contribution is -0.170. The first kappa shape index (κ1) is 22.7. The largest absolute Gasteiger partial charge is 0.458 e. The maximum atomic E-state index is 13.1. The second-order valence-electron chi connectivity index (χ2n) is 11.0. The molecule has 3 fully saturated rings. The highest BCUT2D eigenvalue weighted by Gasteiger charge is 2.66. The standard InChI is InChI=1S/C26H38O5/c1-4-5-6-23(29)31-16-22(28)26(30)14-11-21-19-8-7-17-15-18(27)9-12-24(17,2)20(19)10-13-25(21,26)3/h15,19-21,30H,4-14,16H2,1-3H3/t19-,20+,21+,24+,25+,26-/m1/s1. The predicted octanol–water partition coefficient (Wildman–Crippen LogP) is 4.55. The molecule has 0 aromatic carbocycles. The van der Waals surface area contributed by atoms with Crippen molar-refractivity contribution in [2.45, 2.75) is 97.0 Å². The van der Waals surface area contributed by atoms with Crippen molar-refractivity contribution < 1.29 is 24.2 Å². The van der Waals surface area contributed by atoms with Crippen LogP contribution in [0.1, 0.15) is 91.4 Å². The van der Waals surface area contributed by atoms with Crippen LogP contribution in [0.3, 0.4) is 0 Å². The van der Waals surface area contributed by atoms with Crippen molar-refractivity contribution in [1.82, 2.24) is 0 Å². The minimum Gasteiger partial charge on any atom is -0.458 e. The monoisotopic (exact) mass is 430 g/mol. The summed E-state index contributed by atoms with van der Waals surface area (Å²) in [6.45, 7) is 6.12. The molecule has 0 spiro atoms. The van der Waals surface area contributed by atoms with E-state index >= 15 is 0 Å². The quantitative estimate of drug-likeness (QED) is 0.625. The molecule has 0 aromatic heterocycles. The van der Waals surface area contributed by atoms with Crippen LogP contribution in [0.4, 0.5) is 0 Å². The summed E-state index contributed by atoms with van der Waals surface area (Å²) in [4.78, 5) is 37.0. The van der Waals surface area contributed by atoms with Gasteiger partial charge in [-0.25, -0.2) is 0 Å². The Labute approximate surface area is 186 Å². The Morgan fingerprint density at radius 3 is 2.58 bits per heavy atom. The number of hydrogen-bond acceptors (Lipinski definition) is 5. The Kier molecular flexibility index (Phi) is 5.95. The fourth-order valence-corrected chi connectivity index (χ4v) is 7.69. The van der Waals surface area contributed by atoms with E-state index in [1.54, 1.807) is 0 Å². The first-order valence-corrected chi connectivity index (χ1v) is 12.3. The summed E-state index contributed by atoms with van der Waals surface area (Å²) < 4.78 is 5.22. The van der Waals surface area contributed by atoms with Crippen LogP contribution >= 0.6 is 0 Å². The molecule has 3 saturated carbocycles. The highest BCUT2D eigenvalue weighted by molar-refractivity contribution is 5.92. The molecule has 0 heterocycles. The molecule has 1 N–H and O–H groups in total. The van der Waals surface area contributed by atoms with Crippen LogP contribution in [0.15, 0.2) is 11.6 Å². The van der Waals surface area contributed by atoms with Crippen molar-refractivity contribution >= 4 is 17.5 Å². The molecule has 0 unspecified atom stereocenters. The molecule has 6 atom stereocenters. The molecule has 0 saturated heterocycles. The van der Waals surface area contributed by atoms with Crippen LogP contribution in [-0.4, -0.2) is 34.9 Å². The Bertz CT molecular complexity index is 800. The normalized spacial score (nSPS) is 41.6. The SMILES string of the molecule is CCCCC(=O)OCC(=O)[C@]1(O)CC[C@H]2[C@@H]3CCC4=CC(=O)CC[C@]4(C)[C@H]3CC[C@@]21C. The van der Waals surface area contributed by atoms with E-state index in [1.807, 2.05) is 13.0 Å². The first-order chi connectivity index (χ1) is 14.7. The lowest BCUT2D eigenvalue weighted by atomic mass is 9.46. The van der Waals surface area contributed by atoms with E-state index in [-0.39, 0.29) is 29.6 Å². The maximum absolute atomic E-state index is 13.1. The highest BCUT2D eigenvalue weighted by atomic mass is 16.5. The second kappa shape index (κ2) is 8.13. The minimum absolute atomic E-state index is 0.0810. The van der Waals surface area contributed by atoms with Crippen LogP contribution < -0.4 is 0 Å². The van der Waals surface area contributed by atoms with Crippen LogP contribution in [-0.2, 0) is 19.1 Å². The number of esters is 1. The summed E-state index contributed by atoms with van der Waals surface area (Å²) in [7, 11) is 0. The number of hydrogen-bond donors (Lipinski definition) is 1. The molecular formula is C26H38O5. The lowest BCUT2D eigenvalue weighted by Crippen LogP contribution is -2.58. The Balaban J connectivity index is 1.50. The van der Waals surface area contributed by atoms with Gasteiger partial charge in [0.2, 0.25) is 5.78 Å². The Morgan fingerprint density at radius 1 is 1.10 bits per heavy atom. The lowest BCUT2D eigenvalue weighted by Gasteiger charge is -2.58. The Morgan fingerprint density at radius 2 is 1.84 bits per heavy atom. The zero-order chi connectivity index (χ0) is 22.4. The van der Waals surface area contributed by atoms with Crippen molar-refractivity contribution in [2.24, 2.45) is 28.6 Å². The fourth-order valence-electron chi connectivity index (χ4n) is 7.69. The minimum atomic E-state index is -1.41. The second-order valence-corrected chi connectivity index (χ2v) is 11.0. The molecule has 0 amide bonds. The average molecular weight is 431 g/mol. The van der Waals surface area contributed by atoms with E-state index in [2.05, 4.69) is 13.8 Å². The number of rotatable bonds is 6. The van der Waals surface area contributed by atoms with Crippen molar-refractivity contribution in [2.75, 3.05) is 6.61 Å². The molecule has 5 nitrogen and oxygen atoms in total. The molecule has 4 rings (SSSR count). The number of fused-ring (bicyclic) bond motifs is 5. The summed E-state index contributed by atoms with van der Waals surface area (Å²) in [5, 5.41) is 11.6. The maximum Gasteiger partial charge on any atom is 0.306 e. The molecule has 4 aliphatic rings. The van der Waals surface area contributed by atoms with Gasteiger partial charge < -0.3 is 9.84 Å². The molecule has 31 heavy (non-hydrogen) atoms. The van der Waals surface area contributed by atoms with Crippen LogP contribution in [0.5, 0.6) is 0 Å². The topological polar surface area (TPSA) is 80.7 Å². The number of Topliss-reactive ketones (excluding diaryl/α,β-unsaturated/α-hetero) is 1. The number of ketones is 2. The summed E-state index contributed by atoms with van der Waals surface area (Å²) >= 11 is 0. The molecule has 0 aromatic rings. The molecule has 4 aliphatic carbocycles. The van der Waals surface area contributed by atoms with E-state index in [4.69, 9.17) is 4.74 Å². The van der Waals surface area contributed by atoms with Crippen LogP contribution in [0, 0.1) is 28.6 Å². The van der Waals surface area contributed by atoms with Gasteiger partial charge in [0.05, 0.1) is 0 Å². The van der Waals surface area contributed by atoms with E-state index < -0.39 is 11.0 Å². The van der Waals surface area contributed by atoms with Gasteiger partial charge >= 0.3 is 5.97 Å². The molecular weight excluding hydrogens is 392 g/mol. The third-order valence-electron chi connectivity index (χ3n) is 9.67. The molecule has 0 aliphatic heterocycles. The molecule has 0 radical (unpaired) electrons. The number of ether oxygens (including phenoxy) is 1. The van der Waals surface area contributed by atoms with Gasteiger partial charge in [-0.1, -0.05) is 32.8 Å². The Hall–Kier alpha value is -1.49. The van der Waals surface area contributed by atoms with Gasteiger partial charge in [0.25, 0.3) is 0 Å². The fraction of sp³-hybridized carbons (Fsp3) is 0.808. The number of carbonyl (C=O) groups is 3. The van der Waals surface area contributed by atoms with E-state index in [1.165, 1.54) is 5.57 Å². The number of unbranched alkanes of at least 4 members (excludes halogenated alkanes) is 1. The van der Waals surface area contributed by atoms with Gasteiger partial charge in [-0.3, -0.25) is 14.4 Å².